The molecule has 3 amide bonds. The van der Waals surface area contributed by atoms with Crippen LogP contribution in [-0.4, -0.2) is 100 Å². The van der Waals surface area contributed by atoms with Crippen LogP contribution in [0, 0.1) is 11.8 Å². The Morgan fingerprint density at radius 1 is 0.957 bits per heavy atom. The van der Waals surface area contributed by atoms with Crippen molar-refractivity contribution in [3.05, 3.63) is 60.2 Å². The highest BCUT2D eigenvalue weighted by Crippen LogP contribution is 2.53. The molecular weight excluding hydrogens is 598 g/mol. The van der Waals surface area contributed by atoms with E-state index in [1.807, 2.05) is 60.4 Å². The van der Waals surface area contributed by atoms with E-state index in [0.29, 0.717) is 38.8 Å². The van der Waals surface area contributed by atoms with Gasteiger partial charge in [-0.25, -0.2) is 0 Å². The SMILES string of the molecule is C[C@H]1[C@H](c2ccccc2)OC(=O)[C@@H]2[C@H](/C=C\CCC(=O)N1C)O[C@@]13C=CCN(C4CCCCC4)C(=O)[C@@H]1N(CCCCCO)C(=O)[C@@H]23. The van der Waals surface area contributed by atoms with Crippen molar-refractivity contribution in [2.24, 2.45) is 11.8 Å². The van der Waals surface area contributed by atoms with Crippen LogP contribution < -0.4 is 0 Å². The summed E-state index contributed by atoms with van der Waals surface area (Å²) < 4.78 is 13.2. The molecule has 47 heavy (non-hydrogen) atoms. The normalized spacial score (nSPS) is 34.2. The van der Waals surface area contributed by atoms with Crippen molar-refractivity contribution in [3.8, 4) is 0 Å². The number of hydrogen-bond donors (Lipinski definition) is 1. The number of likely N-dealkylation sites (tertiary alicyclic amines) is 1. The van der Waals surface area contributed by atoms with Gasteiger partial charge in [-0.1, -0.05) is 73.9 Å². The van der Waals surface area contributed by atoms with Gasteiger partial charge in [0.05, 0.1) is 18.1 Å². The van der Waals surface area contributed by atoms with E-state index in [0.717, 1.165) is 37.7 Å². The first-order valence-corrected chi connectivity index (χ1v) is 17.5. The van der Waals surface area contributed by atoms with Gasteiger partial charge in [-0.2, -0.15) is 0 Å². The van der Waals surface area contributed by atoms with Crippen molar-refractivity contribution in [1.29, 1.82) is 0 Å². The van der Waals surface area contributed by atoms with Gasteiger partial charge in [0.2, 0.25) is 17.7 Å². The predicted molar refractivity (Wildman–Crippen MR) is 175 cm³/mol. The van der Waals surface area contributed by atoms with Crippen molar-refractivity contribution in [2.45, 2.75) is 107 Å². The van der Waals surface area contributed by atoms with Crippen molar-refractivity contribution in [1.82, 2.24) is 14.7 Å². The third-order valence-electron chi connectivity index (χ3n) is 11.0. The van der Waals surface area contributed by atoms with E-state index in [-0.39, 0.29) is 36.8 Å². The molecule has 1 N–H and O–H groups in total. The molecule has 1 aromatic rings. The lowest BCUT2D eigenvalue weighted by Crippen LogP contribution is -2.57. The highest BCUT2D eigenvalue weighted by Gasteiger charge is 2.72. The number of hydrogen-bond acceptors (Lipinski definition) is 7. The zero-order valence-corrected chi connectivity index (χ0v) is 27.7. The fourth-order valence-corrected chi connectivity index (χ4v) is 8.44. The Hall–Kier alpha value is -3.50. The molecule has 1 spiro atoms. The smallest absolute Gasteiger partial charge is 0.313 e. The number of amides is 3. The van der Waals surface area contributed by atoms with Crippen LogP contribution in [0.1, 0.15) is 82.8 Å². The van der Waals surface area contributed by atoms with Gasteiger partial charge in [-0.3, -0.25) is 19.2 Å². The molecular formula is C37H49N3O7. The van der Waals surface area contributed by atoms with E-state index in [9.17, 15) is 24.3 Å². The number of nitrogens with zero attached hydrogens (tertiary/aromatic N) is 3. The molecule has 1 aliphatic carbocycles. The number of ether oxygens (including phenoxy) is 2. The predicted octanol–water partition coefficient (Wildman–Crippen LogP) is 3.94. The molecule has 7 atom stereocenters. The third kappa shape index (κ3) is 6.26. The molecule has 5 aliphatic rings. The topological polar surface area (TPSA) is 117 Å². The third-order valence-corrected chi connectivity index (χ3v) is 11.0. The summed E-state index contributed by atoms with van der Waals surface area (Å²) in [4.78, 5) is 62.2. The summed E-state index contributed by atoms with van der Waals surface area (Å²) in [7, 11) is 1.72. The lowest BCUT2D eigenvalue weighted by molar-refractivity contribution is -0.164. The monoisotopic (exact) mass is 647 g/mol. The number of esters is 1. The van der Waals surface area contributed by atoms with E-state index in [2.05, 4.69) is 0 Å². The second kappa shape index (κ2) is 14.3. The molecule has 10 nitrogen and oxygen atoms in total. The van der Waals surface area contributed by atoms with Crippen LogP contribution in [0.3, 0.4) is 0 Å². The van der Waals surface area contributed by atoms with Crippen LogP contribution in [0.5, 0.6) is 0 Å². The standard InChI is InChI=1S/C37H49N3O7/c1-25-32(26-15-6-3-7-16-26)46-36(45)30-28(19-10-11-20-29(42)38(25)2)47-37-21-14-23-39(27-17-8-4-9-18-27)35(44)33(37)40(34(43)31(30)37)22-12-5-13-24-41/h3,6-7,10,14-16,19,21,25,27-28,30-33,41H,4-5,8-9,11-13,17-18,20,22-24H2,1-2H3/b19-10-/t25-,28-,30+,31+,32+,33-,37+/m0/s1. The molecule has 4 heterocycles. The lowest BCUT2D eigenvalue weighted by Gasteiger charge is -2.39. The van der Waals surface area contributed by atoms with Gasteiger partial charge < -0.3 is 29.3 Å². The summed E-state index contributed by atoms with van der Waals surface area (Å²) in [5, 5.41) is 9.38. The summed E-state index contributed by atoms with van der Waals surface area (Å²) in [5.41, 5.74) is -0.590. The molecule has 4 aliphatic heterocycles. The van der Waals surface area contributed by atoms with Gasteiger partial charge in [-0.05, 0) is 51.0 Å². The van der Waals surface area contributed by atoms with Crippen LogP contribution in [-0.2, 0) is 28.7 Å². The van der Waals surface area contributed by atoms with Crippen molar-refractivity contribution >= 4 is 23.7 Å². The van der Waals surface area contributed by atoms with Gasteiger partial charge in [0.25, 0.3) is 0 Å². The fourth-order valence-electron chi connectivity index (χ4n) is 8.44. The number of likely N-dealkylation sites (N-methyl/N-ethyl adjacent to an activating group) is 1. The van der Waals surface area contributed by atoms with Crippen LogP contribution in [0.15, 0.2) is 54.6 Å². The first-order valence-electron chi connectivity index (χ1n) is 17.5. The minimum Gasteiger partial charge on any atom is -0.455 e. The summed E-state index contributed by atoms with van der Waals surface area (Å²) >= 11 is 0. The van der Waals surface area contributed by atoms with Gasteiger partial charge >= 0.3 is 5.97 Å². The van der Waals surface area contributed by atoms with Gasteiger partial charge in [0.15, 0.2) is 0 Å². The zero-order chi connectivity index (χ0) is 33.1. The Bertz CT molecular complexity index is 1370. The number of carbonyl (C=O) groups excluding carboxylic acids is 4. The number of aliphatic hydroxyl groups is 1. The Kier molecular flexibility index (Phi) is 10.2. The lowest BCUT2D eigenvalue weighted by atomic mass is 9.77. The van der Waals surface area contributed by atoms with Gasteiger partial charge in [-0.15, -0.1) is 0 Å². The molecule has 1 saturated carbocycles. The maximum atomic E-state index is 14.7. The number of unbranched alkanes of at least 4 members (excludes halogenated alkanes) is 2. The largest absolute Gasteiger partial charge is 0.455 e. The Morgan fingerprint density at radius 2 is 1.72 bits per heavy atom. The molecule has 3 fully saturated rings. The highest BCUT2D eigenvalue weighted by molar-refractivity contribution is 5.99. The Balaban J connectivity index is 1.40. The Morgan fingerprint density at radius 3 is 2.47 bits per heavy atom. The number of rotatable bonds is 7. The molecule has 10 heteroatoms. The molecule has 254 valence electrons. The number of cyclic esters (lactones) is 1. The number of benzene rings is 1. The highest BCUT2D eigenvalue weighted by atomic mass is 16.6. The van der Waals surface area contributed by atoms with Gasteiger partial charge in [0.1, 0.15) is 23.7 Å². The molecule has 2 saturated heterocycles. The average Bonchev–Trinajstić information content (AvgIpc) is 3.47. The molecule has 0 unspecified atom stereocenters. The van der Waals surface area contributed by atoms with E-state index in [1.54, 1.807) is 22.9 Å². The van der Waals surface area contributed by atoms with Crippen molar-refractivity contribution in [3.63, 3.8) is 0 Å². The van der Waals surface area contributed by atoms with E-state index in [4.69, 9.17) is 9.47 Å². The number of allylic oxidation sites excluding steroid dienone is 1. The van der Waals surface area contributed by atoms with Gasteiger partial charge in [0, 0.05) is 39.2 Å². The molecule has 6 rings (SSSR count). The van der Waals surface area contributed by atoms with Crippen LogP contribution in [0.2, 0.25) is 0 Å². The maximum Gasteiger partial charge on any atom is 0.313 e. The first kappa shape index (κ1) is 33.4. The molecule has 0 bridgehead atoms. The van der Waals surface area contributed by atoms with Crippen molar-refractivity contribution in [2.75, 3.05) is 26.7 Å². The minimum absolute atomic E-state index is 0.0634. The Labute approximate surface area is 277 Å². The number of fused-ring (bicyclic) bond motifs is 2. The molecule has 1 aromatic carbocycles. The average molecular weight is 648 g/mol. The minimum atomic E-state index is -1.34. The summed E-state index contributed by atoms with van der Waals surface area (Å²) in [6, 6.07) is 8.10. The van der Waals surface area contributed by atoms with E-state index in [1.165, 1.54) is 0 Å². The van der Waals surface area contributed by atoms with E-state index < -0.39 is 47.7 Å². The second-order valence-corrected chi connectivity index (χ2v) is 13.8. The van der Waals surface area contributed by atoms with Crippen LogP contribution in [0.4, 0.5) is 0 Å². The van der Waals surface area contributed by atoms with Crippen LogP contribution >= 0.6 is 0 Å². The molecule has 0 aromatic heterocycles. The first-order chi connectivity index (χ1) is 22.8. The summed E-state index contributed by atoms with van der Waals surface area (Å²) in [5.74, 6) is -2.98. The van der Waals surface area contributed by atoms with Crippen LogP contribution in [0.25, 0.3) is 0 Å². The summed E-state index contributed by atoms with van der Waals surface area (Å²) in [6.45, 7) is 2.70. The second-order valence-electron chi connectivity index (χ2n) is 13.8. The van der Waals surface area contributed by atoms with E-state index >= 15 is 0 Å². The fraction of sp³-hybridized carbons (Fsp3) is 0.622. The summed E-state index contributed by atoms with van der Waals surface area (Å²) in [6.07, 6.45) is 13.7. The quantitative estimate of drug-likeness (QED) is 0.271. The van der Waals surface area contributed by atoms with Crippen molar-refractivity contribution < 1.29 is 33.8 Å². The zero-order valence-electron chi connectivity index (χ0n) is 27.7. The maximum absolute atomic E-state index is 14.7. The number of carbonyl (C=O) groups is 4. The number of aliphatic hydroxyl groups excluding tert-OH is 1. The molecule has 0 radical (unpaired) electrons.